The zero-order valence-electron chi connectivity index (χ0n) is 10.7. The lowest BCUT2D eigenvalue weighted by Crippen LogP contribution is -2.02. The van der Waals surface area contributed by atoms with Crippen LogP contribution in [0.4, 0.5) is 0 Å². The van der Waals surface area contributed by atoms with Crippen molar-refractivity contribution in [2.24, 2.45) is 0 Å². The largest absolute Gasteiger partial charge is 0.481 e. The highest BCUT2D eigenvalue weighted by Crippen LogP contribution is 2.27. The quantitative estimate of drug-likeness (QED) is 0.872. The van der Waals surface area contributed by atoms with Gasteiger partial charge in [0.25, 0.3) is 0 Å². The van der Waals surface area contributed by atoms with Gasteiger partial charge in [0.15, 0.2) is 0 Å². The molecule has 18 heavy (non-hydrogen) atoms. The molecule has 0 radical (unpaired) electrons. The van der Waals surface area contributed by atoms with Crippen molar-refractivity contribution in [2.45, 2.75) is 27.2 Å². The van der Waals surface area contributed by atoms with Crippen molar-refractivity contribution in [1.82, 2.24) is 9.97 Å². The number of carboxylic acids is 1. The second-order valence-corrected chi connectivity index (χ2v) is 4.55. The summed E-state index contributed by atoms with van der Waals surface area (Å²) in [6.45, 7) is 6.12. The molecule has 0 aliphatic carbocycles. The summed E-state index contributed by atoms with van der Waals surface area (Å²) in [5, 5.41) is 8.88. The van der Waals surface area contributed by atoms with Crippen LogP contribution >= 0.6 is 0 Å². The van der Waals surface area contributed by atoms with Crippen LogP contribution in [0.15, 0.2) is 18.5 Å². The number of H-pyrrole nitrogens is 1. The SMILES string of the molecule is Cc1cc(C)c(-c2nc[nH]c2CC(=O)O)cc1C. The van der Waals surface area contributed by atoms with Crippen LogP contribution in [0.5, 0.6) is 0 Å². The smallest absolute Gasteiger partial charge is 0.309 e. The van der Waals surface area contributed by atoms with E-state index in [-0.39, 0.29) is 6.42 Å². The number of aliphatic carboxylic acids is 1. The highest BCUT2D eigenvalue weighted by atomic mass is 16.4. The number of aryl methyl sites for hydroxylation is 3. The Morgan fingerprint density at radius 3 is 2.56 bits per heavy atom. The predicted molar refractivity (Wildman–Crippen MR) is 69.6 cm³/mol. The lowest BCUT2D eigenvalue weighted by Gasteiger charge is -2.09. The second kappa shape index (κ2) is 4.64. The fourth-order valence-electron chi connectivity index (χ4n) is 2.05. The van der Waals surface area contributed by atoms with Gasteiger partial charge in [0.05, 0.1) is 24.1 Å². The van der Waals surface area contributed by atoms with E-state index in [0.29, 0.717) is 5.69 Å². The van der Waals surface area contributed by atoms with Gasteiger partial charge in [-0.25, -0.2) is 4.98 Å². The normalized spacial score (nSPS) is 10.6. The number of aromatic nitrogens is 2. The summed E-state index contributed by atoms with van der Waals surface area (Å²) in [5.74, 6) is -0.859. The molecule has 0 spiro atoms. The van der Waals surface area contributed by atoms with Crippen LogP contribution in [0.3, 0.4) is 0 Å². The molecular formula is C14H16N2O2. The Balaban J connectivity index is 2.52. The van der Waals surface area contributed by atoms with Gasteiger partial charge < -0.3 is 10.1 Å². The van der Waals surface area contributed by atoms with Gasteiger partial charge in [-0.3, -0.25) is 4.79 Å². The molecule has 0 amide bonds. The molecule has 0 fully saturated rings. The molecular weight excluding hydrogens is 228 g/mol. The first kappa shape index (κ1) is 12.4. The van der Waals surface area contributed by atoms with Crippen LogP contribution in [0.2, 0.25) is 0 Å². The third kappa shape index (κ3) is 2.27. The molecule has 0 unspecified atom stereocenters. The van der Waals surface area contributed by atoms with E-state index in [2.05, 4.69) is 29.0 Å². The molecule has 2 N–H and O–H groups in total. The molecule has 0 atom stereocenters. The lowest BCUT2D eigenvalue weighted by atomic mass is 9.97. The Morgan fingerprint density at radius 2 is 1.89 bits per heavy atom. The fourth-order valence-corrected chi connectivity index (χ4v) is 2.05. The van der Waals surface area contributed by atoms with Crippen LogP contribution in [0, 0.1) is 20.8 Å². The number of aromatic amines is 1. The summed E-state index contributed by atoms with van der Waals surface area (Å²) in [6.07, 6.45) is 1.50. The van der Waals surface area contributed by atoms with E-state index in [4.69, 9.17) is 5.11 Å². The minimum Gasteiger partial charge on any atom is -0.481 e. The Morgan fingerprint density at radius 1 is 1.22 bits per heavy atom. The number of carboxylic acid groups (broad SMARTS) is 1. The van der Waals surface area contributed by atoms with Gasteiger partial charge in [-0.2, -0.15) is 0 Å². The van der Waals surface area contributed by atoms with E-state index in [9.17, 15) is 4.79 Å². The van der Waals surface area contributed by atoms with Crippen molar-refractivity contribution in [3.63, 3.8) is 0 Å². The topological polar surface area (TPSA) is 66.0 Å². The van der Waals surface area contributed by atoms with E-state index in [1.807, 2.05) is 13.8 Å². The molecule has 0 saturated heterocycles. The first-order valence-electron chi connectivity index (χ1n) is 5.81. The number of hydrogen-bond donors (Lipinski definition) is 2. The molecule has 0 bridgehead atoms. The molecule has 1 aromatic carbocycles. The van der Waals surface area contributed by atoms with E-state index in [1.165, 1.54) is 11.1 Å². The molecule has 0 aliphatic heterocycles. The van der Waals surface area contributed by atoms with Gasteiger partial charge in [-0.1, -0.05) is 6.07 Å². The summed E-state index contributed by atoms with van der Waals surface area (Å²) in [5.41, 5.74) is 5.89. The average molecular weight is 244 g/mol. The highest BCUT2D eigenvalue weighted by molar-refractivity contribution is 5.75. The van der Waals surface area contributed by atoms with Gasteiger partial charge in [-0.05, 0) is 43.5 Å². The van der Waals surface area contributed by atoms with Crippen LogP contribution in [-0.4, -0.2) is 21.0 Å². The van der Waals surface area contributed by atoms with Crippen molar-refractivity contribution < 1.29 is 9.90 Å². The maximum absolute atomic E-state index is 10.8. The standard InChI is InChI=1S/C14H16N2O2/c1-8-4-10(3)11(5-9(8)2)14-12(6-13(17)18)15-7-16-14/h4-5,7H,6H2,1-3H3,(H,15,16)(H,17,18). The molecule has 94 valence electrons. The third-order valence-corrected chi connectivity index (χ3v) is 3.14. The van der Waals surface area contributed by atoms with Crippen molar-refractivity contribution in [3.8, 4) is 11.3 Å². The van der Waals surface area contributed by atoms with Crippen LogP contribution in [0.1, 0.15) is 22.4 Å². The van der Waals surface area contributed by atoms with Crippen LogP contribution in [-0.2, 0) is 11.2 Å². The summed E-state index contributed by atoms with van der Waals surface area (Å²) in [6, 6.07) is 4.16. The minimum atomic E-state index is -0.859. The Kier molecular flexibility index (Phi) is 3.19. The van der Waals surface area contributed by atoms with Gasteiger partial charge in [0, 0.05) is 5.56 Å². The maximum atomic E-state index is 10.8. The number of hydrogen-bond acceptors (Lipinski definition) is 2. The fraction of sp³-hybridized carbons (Fsp3) is 0.286. The van der Waals surface area contributed by atoms with Gasteiger partial charge in [0.1, 0.15) is 0 Å². The summed E-state index contributed by atoms with van der Waals surface area (Å²) in [7, 11) is 0. The molecule has 0 saturated carbocycles. The number of benzene rings is 1. The highest BCUT2D eigenvalue weighted by Gasteiger charge is 2.14. The zero-order valence-corrected chi connectivity index (χ0v) is 10.7. The van der Waals surface area contributed by atoms with Crippen molar-refractivity contribution in [3.05, 3.63) is 40.8 Å². The second-order valence-electron chi connectivity index (χ2n) is 4.55. The van der Waals surface area contributed by atoms with E-state index in [0.717, 1.165) is 16.8 Å². The monoisotopic (exact) mass is 244 g/mol. The third-order valence-electron chi connectivity index (χ3n) is 3.14. The van der Waals surface area contributed by atoms with Crippen molar-refractivity contribution in [1.29, 1.82) is 0 Å². The summed E-state index contributed by atoms with van der Waals surface area (Å²) >= 11 is 0. The summed E-state index contributed by atoms with van der Waals surface area (Å²) < 4.78 is 0. The molecule has 1 heterocycles. The Bertz CT molecular complexity index is 600. The van der Waals surface area contributed by atoms with Gasteiger partial charge in [-0.15, -0.1) is 0 Å². The van der Waals surface area contributed by atoms with Crippen molar-refractivity contribution in [2.75, 3.05) is 0 Å². The Labute approximate surface area is 106 Å². The average Bonchev–Trinajstić information content (AvgIpc) is 2.70. The molecule has 0 aliphatic rings. The van der Waals surface area contributed by atoms with Gasteiger partial charge in [0.2, 0.25) is 0 Å². The number of rotatable bonds is 3. The number of carbonyl (C=O) groups is 1. The lowest BCUT2D eigenvalue weighted by molar-refractivity contribution is -0.136. The molecule has 4 heteroatoms. The van der Waals surface area contributed by atoms with Crippen LogP contribution in [0.25, 0.3) is 11.3 Å². The molecule has 4 nitrogen and oxygen atoms in total. The van der Waals surface area contributed by atoms with Crippen LogP contribution < -0.4 is 0 Å². The number of nitrogens with zero attached hydrogens (tertiary/aromatic N) is 1. The predicted octanol–water partition coefficient (Wildman–Crippen LogP) is 2.63. The first-order valence-corrected chi connectivity index (χ1v) is 5.81. The molecule has 1 aromatic heterocycles. The molecule has 2 rings (SSSR count). The Hall–Kier alpha value is -2.10. The zero-order chi connectivity index (χ0) is 13.3. The summed E-state index contributed by atoms with van der Waals surface area (Å²) in [4.78, 5) is 18.0. The van der Waals surface area contributed by atoms with E-state index >= 15 is 0 Å². The maximum Gasteiger partial charge on any atom is 0.309 e. The number of imidazole rings is 1. The van der Waals surface area contributed by atoms with Gasteiger partial charge >= 0.3 is 5.97 Å². The first-order chi connectivity index (χ1) is 8.49. The molecule has 2 aromatic rings. The van der Waals surface area contributed by atoms with Crippen molar-refractivity contribution >= 4 is 5.97 Å². The minimum absolute atomic E-state index is 0.0400. The number of nitrogens with one attached hydrogen (secondary N) is 1. The van der Waals surface area contributed by atoms with E-state index < -0.39 is 5.97 Å². The van der Waals surface area contributed by atoms with E-state index in [1.54, 1.807) is 6.33 Å².